The van der Waals surface area contributed by atoms with Gasteiger partial charge in [-0.05, 0) is 18.9 Å². The first kappa shape index (κ1) is 14.1. The van der Waals surface area contributed by atoms with Gasteiger partial charge < -0.3 is 14.6 Å². The van der Waals surface area contributed by atoms with E-state index in [0.717, 1.165) is 6.61 Å². The van der Waals surface area contributed by atoms with Crippen molar-refractivity contribution in [2.24, 2.45) is 5.92 Å². The van der Waals surface area contributed by atoms with E-state index in [1.165, 1.54) is 0 Å². The Morgan fingerprint density at radius 2 is 1.93 bits per heavy atom. The Morgan fingerprint density at radius 3 is 2.47 bits per heavy atom. The highest BCUT2D eigenvalue weighted by atomic mass is 16.5. The number of hydrogen-bond donors (Lipinski definition) is 1. The third-order valence-corrected chi connectivity index (χ3v) is 1.67. The minimum absolute atomic E-state index is 0.304. The Labute approximate surface area is 90.9 Å². The molecule has 0 rings (SSSR count). The maximum atomic E-state index is 10.4. The zero-order valence-electron chi connectivity index (χ0n) is 9.66. The molecule has 0 radical (unpaired) electrons. The van der Waals surface area contributed by atoms with E-state index < -0.39 is 5.97 Å². The van der Waals surface area contributed by atoms with Crippen molar-refractivity contribution in [2.75, 3.05) is 26.4 Å². The summed E-state index contributed by atoms with van der Waals surface area (Å²) in [5.41, 5.74) is 0.304. The van der Waals surface area contributed by atoms with E-state index in [2.05, 4.69) is 13.8 Å². The Balaban J connectivity index is 3.32. The van der Waals surface area contributed by atoms with Crippen LogP contribution in [-0.2, 0) is 14.3 Å². The summed E-state index contributed by atoms with van der Waals surface area (Å²) in [5.74, 6) is -0.381. The van der Waals surface area contributed by atoms with Crippen LogP contribution in [0.5, 0.6) is 0 Å². The number of carboxylic acid groups (broad SMARTS) is 1. The minimum atomic E-state index is -0.908. The molecule has 0 aliphatic rings. The number of rotatable bonds is 8. The van der Waals surface area contributed by atoms with Crippen LogP contribution < -0.4 is 0 Å². The van der Waals surface area contributed by atoms with E-state index in [4.69, 9.17) is 14.6 Å². The van der Waals surface area contributed by atoms with Gasteiger partial charge in [0.25, 0.3) is 0 Å². The fourth-order valence-corrected chi connectivity index (χ4v) is 0.791. The molecule has 0 aromatic rings. The van der Waals surface area contributed by atoms with Gasteiger partial charge in [0.05, 0.1) is 19.8 Å². The molecule has 4 nitrogen and oxygen atoms in total. The summed E-state index contributed by atoms with van der Waals surface area (Å²) < 4.78 is 10.5. The van der Waals surface area contributed by atoms with Crippen molar-refractivity contribution in [3.05, 3.63) is 11.6 Å². The van der Waals surface area contributed by atoms with Crippen LogP contribution in [0.3, 0.4) is 0 Å². The van der Waals surface area contributed by atoms with E-state index >= 15 is 0 Å². The van der Waals surface area contributed by atoms with Crippen molar-refractivity contribution in [1.29, 1.82) is 0 Å². The molecule has 0 fully saturated rings. The van der Waals surface area contributed by atoms with Gasteiger partial charge in [-0.15, -0.1) is 0 Å². The fourth-order valence-electron chi connectivity index (χ4n) is 0.791. The van der Waals surface area contributed by atoms with Gasteiger partial charge in [0, 0.05) is 12.2 Å². The molecule has 0 amide bonds. The quantitative estimate of drug-likeness (QED) is 0.495. The van der Waals surface area contributed by atoms with Crippen LogP contribution in [0.25, 0.3) is 0 Å². The second kappa shape index (κ2) is 8.44. The first-order valence-corrected chi connectivity index (χ1v) is 5.09. The normalized spacial score (nSPS) is 12.1. The molecule has 0 bridgehead atoms. The van der Waals surface area contributed by atoms with Crippen LogP contribution in [0, 0.1) is 5.92 Å². The Kier molecular flexibility index (Phi) is 7.95. The highest BCUT2D eigenvalue weighted by Gasteiger charge is 1.98. The Bertz CT molecular complexity index is 209. The van der Waals surface area contributed by atoms with Crippen LogP contribution in [0.15, 0.2) is 11.6 Å². The summed E-state index contributed by atoms with van der Waals surface area (Å²) in [4.78, 5) is 10.4. The van der Waals surface area contributed by atoms with Crippen molar-refractivity contribution in [3.8, 4) is 0 Å². The maximum absolute atomic E-state index is 10.4. The molecule has 0 aromatic carbocycles. The van der Waals surface area contributed by atoms with E-state index in [-0.39, 0.29) is 0 Å². The number of carbonyl (C=O) groups is 1. The fraction of sp³-hybridized carbons (Fsp3) is 0.727. The van der Waals surface area contributed by atoms with Gasteiger partial charge >= 0.3 is 5.97 Å². The second-order valence-corrected chi connectivity index (χ2v) is 3.74. The molecule has 0 aliphatic carbocycles. The highest BCUT2D eigenvalue weighted by molar-refractivity contribution is 5.85. The molecule has 0 unspecified atom stereocenters. The SMILES string of the molecule is C/C(=C/COCCOCC(C)C)C(=O)O. The van der Waals surface area contributed by atoms with Gasteiger partial charge in [-0.2, -0.15) is 0 Å². The molecule has 4 heteroatoms. The van der Waals surface area contributed by atoms with Crippen molar-refractivity contribution < 1.29 is 19.4 Å². The average Bonchev–Trinajstić information content (AvgIpc) is 2.15. The van der Waals surface area contributed by atoms with E-state index in [1.54, 1.807) is 13.0 Å². The molecular formula is C11H20O4. The third kappa shape index (κ3) is 9.43. The molecule has 0 heterocycles. The molecule has 0 atom stereocenters. The lowest BCUT2D eigenvalue weighted by Gasteiger charge is -2.06. The number of aliphatic carboxylic acids is 1. The zero-order chi connectivity index (χ0) is 11.7. The van der Waals surface area contributed by atoms with Crippen molar-refractivity contribution in [2.45, 2.75) is 20.8 Å². The lowest BCUT2D eigenvalue weighted by molar-refractivity contribution is -0.132. The van der Waals surface area contributed by atoms with Gasteiger partial charge in [-0.3, -0.25) is 0 Å². The van der Waals surface area contributed by atoms with Crippen molar-refractivity contribution >= 4 is 5.97 Å². The predicted octanol–water partition coefficient (Wildman–Crippen LogP) is 1.71. The third-order valence-electron chi connectivity index (χ3n) is 1.67. The molecule has 0 spiro atoms. The van der Waals surface area contributed by atoms with E-state index in [0.29, 0.717) is 31.3 Å². The van der Waals surface area contributed by atoms with Crippen LogP contribution >= 0.6 is 0 Å². The minimum Gasteiger partial charge on any atom is -0.478 e. The Hall–Kier alpha value is -0.870. The summed E-state index contributed by atoms with van der Waals surface area (Å²) in [6.07, 6.45) is 1.55. The molecule has 0 aromatic heterocycles. The molecule has 0 saturated heterocycles. The second-order valence-electron chi connectivity index (χ2n) is 3.74. The van der Waals surface area contributed by atoms with Gasteiger partial charge in [0.15, 0.2) is 0 Å². The first-order valence-electron chi connectivity index (χ1n) is 5.09. The lowest BCUT2D eigenvalue weighted by atomic mass is 10.2. The summed E-state index contributed by atoms with van der Waals surface area (Å²) in [6, 6.07) is 0. The highest BCUT2D eigenvalue weighted by Crippen LogP contribution is 1.93. The molecule has 88 valence electrons. The number of ether oxygens (including phenoxy) is 2. The van der Waals surface area contributed by atoms with Crippen molar-refractivity contribution in [1.82, 2.24) is 0 Å². The van der Waals surface area contributed by atoms with Crippen LogP contribution in [0.4, 0.5) is 0 Å². The van der Waals surface area contributed by atoms with Gasteiger partial charge in [0.2, 0.25) is 0 Å². The van der Waals surface area contributed by atoms with Crippen molar-refractivity contribution in [3.63, 3.8) is 0 Å². The number of hydrogen-bond acceptors (Lipinski definition) is 3. The topological polar surface area (TPSA) is 55.8 Å². The predicted molar refractivity (Wildman–Crippen MR) is 57.9 cm³/mol. The summed E-state index contributed by atoms with van der Waals surface area (Å²) >= 11 is 0. The van der Waals surface area contributed by atoms with Crippen LogP contribution in [0.1, 0.15) is 20.8 Å². The van der Waals surface area contributed by atoms with E-state index in [1.807, 2.05) is 0 Å². The molecule has 1 N–H and O–H groups in total. The van der Waals surface area contributed by atoms with Crippen LogP contribution in [0.2, 0.25) is 0 Å². The largest absolute Gasteiger partial charge is 0.478 e. The van der Waals surface area contributed by atoms with Gasteiger partial charge in [0.1, 0.15) is 0 Å². The molecule has 0 saturated carbocycles. The molecular weight excluding hydrogens is 196 g/mol. The van der Waals surface area contributed by atoms with Gasteiger partial charge in [-0.25, -0.2) is 4.79 Å². The summed E-state index contributed by atoms with van der Waals surface area (Å²) in [6.45, 7) is 7.81. The van der Waals surface area contributed by atoms with E-state index in [9.17, 15) is 4.79 Å². The Morgan fingerprint density at radius 1 is 1.33 bits per heavy atom. The zero-order valence-corrected chi connectivity index (χ0v) is 9.66. The standard InChI is InChI=1S/C11H20O4/c1-9(2)8-15-7-6-14-5-4-10(3)11(12)13/h4,9H,5-8H2,1-3H3,(H,12,13)/b10-4-. The molecule has 0 aliphatic heterocycles. The average molecular weight is 216 g/mol. The van der Waals surface area contributed by atoms with Gasteiger partial charge in [-0.1, -0.05) is 13.8 Å². The first-order chi connectivity index (χ1) is 7.04. The smallest absolute Gasteiger partial charge is 0.331 e. The molecule has 15 heavy (non-hydrogen) atoms. The van der Waals surface area contributed by atoms with Crippen LogP contribution in [-0.4, -0.2) is 37.5 Å². The monoisotopic (exact) mass is 216 g/mol. The summed E-state index contributed by atoms with van der Waals surface area (Å²) in [7, 11) is 0. The lowest BCUT2D eigenvalue weighted by Crippen LogP contribution is -2.09. The maximum Gasteiger partial charge on any atom is 0.331 e. The summed E-state index contributed by atoms with van der Waals surface area (Å²) in [5, 5.41) is 8.54. The number of carboxylic acids is 1.